The van der Waals surface area contributed by atoms with Crippen molar-refractivity contribution in [3.8, 4) is 34.0 Å². The van der Waals surface area contributed by atoms with E-state index < -0.39 is 0 Å². The Morgan fingerprint density at radius 3 is 1.91 bits per heavy atom. The first-order valence-corrected chi connectivity index (χ1v) is 16.0. The van der Waals surface area contributed by atoms with Crippen molar-refractivity contribution >= 4 is 64.9 Å². The predicted molar refractivity (Wildman–Crippen MR) is 198 cm³/mol. The normalized spacial score (nSPS) is 11.8. The molecule has 2 nitrogen and oxygen atoms in total. The molecule has 10 aromatic rings. The van der Waals surface area contributed by atoms with Crippen LogP contribution in [0.15, 0.2) is 158 Å². The second-order valence-electron chi connectivity index (χ2n) is 12.4. The first kappa shape index (κ1) is 25.9. The molecule has 9 aromatic carbocycles. The molecule has 0 N–H and O–H groups in total. The summed E-state index contributed by atoms with van der Waals surface area (Å²) in [6, 6.07) is 59.2. The summed E-state index contributed by atoms with van der Waals surface area (Å²) in [4.78, 5) is 0. The second-order valence-corrected chi connectivity index (χ2v) is 12.4. The topological polar surface area (TPSA) is 28.7 Å². The summed E-state index contributed by atoms with van der Waals surface area (Å²) in [5.41, 5.74) is 8.87. The van der Waals surface area contributed by atoms with Crippen LogP contribution in [-0.2, 0) is 0 Å². The number of fused-ring (bicyclic) bond motifs is 5. The Morgan fingerprint density at radius 1 is 0.404 bits per heavy atom. The Kier molecular flexibility index (Phi) is 5.38. The molecule has 0 spiro atoms. The number of nitrogens with zero attached hydrogens (tertiary/aromatic N) is 2. The van der Waals surface area contributed by atoms with Crippen LogP contribution in [0.1, 0.15) is 5.56 Å². The minimum Gasteiger partial charge on any atom is -0.309 e. The summed E-state index contributed by atoms with van der Waals surface area (Å²) < 4.78 is 2.34. The molecule has 0 radical (unpaired) electrons. The van der Waals surface area contributed by atoms with E-state index in [0.29, 0.717) is 5.56 Å². The van der Waals surface area contributed by atoms with Crippen LogP contribution in [0, 0.1) is 11.3 Å². The molecule has 0 saturated heterocycles. The molecule has 0 fully saturated rings. The molecule has 0 unspecified atom stereocenters. The van der Waals surface area contributed by atoms with Crippen molar-refractivity contribution in [2.24, 2.45) is 0 Å². The summed E-state index contributed by atoms with van der Waals surface area (Å²) in [5, 5.41) is 22.1. The number of hydrogen-bond donors (Lipinski definition) is 0. The summed E-state index contributed by atoms with van der Waals surface area (Å²) in [6.45, 7) is 0. The van der Waals surface area contributed by atoms with Crippen molar-refractivity contribution in [2.45, 2.75) is 0 Å². The van der Waals surface area contributed by atoms with E-state index in [9.17, 15) is 5.26 Å². The number of hydrogen-bond acceptors (Lipinski definition) is 1. The van der Waals surface area contributed by atoms with E-state index in [0.717, 1.165) is 27.5 Å². The Balaban J connectivity index is 1.18. The lowest BCUT2D eigenvalue weighted by Gasteiger charge is -2.14. The number of benzene rings is 9. The highest BCUT2D eigenvalue weighted by Gasteiger charge is 2.20. The highest BCUT2D eigenvalue weighted by molar-refractivity contribution is 6.26. The monoisotopic (exact) mass is 594 g/mol. The van der Waals surface area contributed by atoms with Crippen molar-refractivity contribution in [1.29, 1.82) is 5.26 Å². The summed E-state index contributed by atoms with van der Waals surface area (Å²) in [5.74, 6) is 0. The van der Waals surface area contributed by atoms with Gasteiger partial charge >= 0.3 is 0 Å². The maximum Gasteiger partial charge on any atom is 0.0998 e. The van der Waals surface area contributed by atoms with Gasteiger partial charge in [-0.05, 0) is 102 Å². The molecule has 0 aliphatic heterocycles. The zero-order valence-corrected chi connectivity index (χ0v) is 25.4. The lowest BCUT2D eigenvalue weighted by molar-refractivity contribution is 1.18. The van der Waals surface area contributed by atoms with E-state index in [1.54, 1.807) is 0 Å². The third-order valence-corrected chi connectivity index (χ3v) is 9.96. The zero-order valence-electron chi connectivity index (χ0n) is 25.4. The van der Waals surface area contributed by atoms with Gasteiger partial charge < -0.3 is 4.57 Å². The van der Waals surface area contributed by atoms with Crippen molar-refractivity contribution in [2.75, 3.05) is 0 Å². The van der Waals surface area contributed by atoms with Gasteiger partial charge in [-0.15, -0.1) is 0 Å². The van der Waals surface area contributed by atoms with Gasteiger partial charge in [0.1, 0.15) is 0 Å². The Hall–Kier alpha value is -6.43. The van der Waals surface area contributed by atoms with Gasteiger partial charge in [0.25, 0.3) is 0 Å². The van der Waals surface area contributed by atoms with E-state index in [1.165, 1.54) is 65.3 Å². The molecule has 1 aromatic heterocycles. The van der Waals surface area contributed by atoms with E-state index in [2.05, 4.69) is 162 Å². The minimum atomic E-state index is 0.709. The van der Waals surface area contributed by atoms with Crippen molar-refractivity contribution in [3.63, 3.8) is 0 Å². The fraction of sp³-hybridized carbons (Fsp3) is 0. The second kappa shape index (κ2) is 9.78. The van der Waals surface area contributed by atoms with E-state index in [4.69, 9.17) is 0 Å². The molecule has 0 bridgehead atoms. The Labute approximate surface area is 271 Å². The summed E-state index contributed by atoms with van der Waals surface area (Å²) in [7, 11) is 0. The summed E-state index contributed by atoms with van der Waals surface area (Å²) >= 11 is 0. The van der Waals surface area contributed by atoms with E-state index >= 15 is 0 Å². The number of para-hydroxylation sites is 1. The lowest BCUT2D eigenvalue weighted by atomic mass is 9.90. The van der Waals surface area contributed by atoms with Crippen LogP contribution in [0.25, 0.3) is 92.8 Å². The van der Waals surface area contributed by atoms with Gasteiger partial charge in [0.2, 0.25) is 0 Å². The SMILES string of the molecule is N#Cc1ccc2c3c1ccc1cc(-c4ccc(-c5cc6c7ccccc7ccc6c6ccccc56)cc4)cc(c13)n2-c1ccccc1. The number of aromatic nitrogens is 1. The maximum atomic E-state index is 9.89. The van der Waals surface area contributed by atoms with Crippen molar-refractivity contribution in [1.82, 2.24) is 4.57 Å². The van der Waals surface area contributed by atoms with Crippen LogP contribution in [0.5, 0.6) is 0 Å². The predicted octanol–water partition coefficient (Wildman–Crippen LogP) is 12.0. The van der Waals surface area contributed by atoms with E-state index in [1.807, 2.05) is 6.07 Å². The maximum absolute atomic E-state index is 9.89. The molecule has 1 heterocycles. The molecule has 216 valence electrons. The van der Waals surface area contributed by atoms with Crippen LogP contribution < -0.4 is 0 Å². The molecule has 0 saturated carbocycles. The van der Waals surface area contributed by atoms with Crippen LogP contribution in [0.2, 0.25) is 0 Å². The lowest BCUT2D eigenvalue weighted by Crippen LogP contribution is -1.93. The molecule has 2 heteroatoms. The van der Waals surface area contributed by atoms with Gasteiger partial charge in [0, 0.05) is 21.8 Å². The highest BCUT2D eigenvalue weighted by atomic mass is 15.0. The first-order chi connectivity index (χ1) is 23.3. The van der Waals surface area contributed by atoms with Gasteiger partial charge in [0.05, 0.1) is 22.7 Å². The van der Waals surface area contributed by atoms with Crippen molar-refractivity contribution in [3.05, 3.63) is 163 Å². The fourth-order valence-electron chi connectivity index (χ4n) is 7.82. The first-order valence-electron chi connectivity index (χ1n) is 16.0. The summed E-state index contributed by atoms with van der Waals surface area (Å²) in [6.07, 6.45) is 0. The van der Waals surface area contributed by atoms with Gasteiger partial charge in [0.15, 0.2) is 0 Å². The van der Waals surface area contributed by atoms with Crippen LogP contribution in [0.3, 0.4) is 0 Å². The third-order valence-electron chi connectivity index (χ3n) is 9.96. The minimum absolute atomic E-state index is 0.709. The quantitative estimate of drug-likeness (QED) is 0.187. The van der Waals surface area contributed by atoms with Crippen LogP contribution in [0.4, 0.5) is 0 Å². The third kappa shape index (κ3) is 3.72. The van der Waals surface area contributed by atoms with E-state index in [-0.39, 0.29) is 0 Å². The molecular weight excluding hydrogens is 569 g/mol. The fourth-order valence-corrected chi connectivity index (χ4v) is 7.82. The molecule has 0 atom stereocenters. The van der Waals surface area contributed by atoms with Gasteiger partial charge in [-0.2, -0.15) is 5.26 Å². The van der Waals surface area contributed by atoms with Crippen molar-refractivity contribution < 1.29 is 0 Å². The van der Waals surface area contributed by atoms with Gasteiger partial charge in [-0.25, -0.2) is 0 Å². The number of rotatable bonds is 3. The molecule has 10 rings (SSSR count). The van der Waals surface area contributed by atoms with Gasteiger partial charge in [-0.3, -0.25) is 0 Å². The highest BCUT2D eigenvalue weighted by Crippen LogP contribution is 2.43. The molecule has 0 aliphatic rings. The Morgan fingerprint density at radius 2 is 1.09 bits per heavy atom. The van der Waals surface area contributed by atoms with Crippen LogP contribution >= 0.6 is 0 Å². The largest absolute Gasteiger partial charge is 0.309 e. The van der Waals surface area contributed by atoms with Gasteiger partial charge in [-0.1, -0.05) is 115 Å². The number of nitriles is 1. The zero-order chi connectivity index (χ0) is 31.1. The standard InChI is InChI=1S/C45H26N2/c46-27-32-20-23-42-45-36(32)21-19-31-24-33(25-43(44(31)45)47(42)34-9-2-1-3-10-34)28-14-16-30(17-15-28)40-26-41-35-11-5-4-8-29(35)18-22-39(41)37-12-6-7-13-38(37)40/h1-26H. The average Bonchev–Trinajstić information content (AvgIpc) is 3.48. The molecule has 0 amide bonds. The van der Waals surface area contributed by atoms with Crippen LogP contribution in [-0.4, -0.2) is 4.57 Å². The molecule has 0 aliphatic carbocycles. The Bertz CT molecular complexity index is 2890. The smallest absolute Gasteiger partial charge is 0.0998 e. The average molecular weight is 595 g/mol. The molecule has 47 heavy (non-hydrogen) atoms. The molecular formula is C45H26N2.